The molecule has 0 spiro atoms. The van der Waals surface area contributed by atoms with Crippen LogP contribution in [0.5, 0.6) is 5.75 Å². The van der Waals surface area contributed by atoms with Crippen LogP contribution in [0.2, 0.25) is 0 Å². The van der Waals surface area contributed by atoms with Gasteiger partial charge < -0.3 is 9.30 Å². The fourth-order valence-electron chi connectivity index (χ4n) is 2.76. The lowest BCUT2D eigenvalue weighted by molar-refractivity contribution is 0.102. The molecule has 146 valence electrons. The van der Waals surface area contributed by atoms with Gasteiger partial charge in [-0.1, -0.05) is 12.1 Å². The molecular weight excluding hydrogens is 391 g/mol. The summed E-state index contributed by atoms with van der Waals surface area (Å²) in [6.07, 6.45) is 3.43. The molecule has 29 heavy (non-hydrogen) atoms. The SMILES string of the molecule is COc1ccc(Cn2ccnc2NC(=O)c2csc(-c3ccc(F)cc3)n2)cc1. The Morgan fingerprint density at radius 1 is 1.17 bits per heavy atom. The molecule has 6 nitrogen and oxygen atoms in total. The molecule has 0 radical (unpaired) electrons. The van der Waals surface area contributed by atoms with Gasteiger partial charge in [-0.3, -0.25) is 10.1 Å². The zero-order valence-corrected chi connectivity index (χ0v) is 16.3. The highest BCUT2D eigenvalue weighted by Crippen LogP contribution is 2.24. The van der Waals surface area contributed by atoms with E-state index in [1.807, 2.05) is 28.8 Å². The molecule has 4 aromatic rings. The second-order valence-electron chi connectivity index (χ2n) is 6.23. The lowest BCUT2D eigenvalue weighted by atomic mass is 10.2. The van der Waals surface area contributed by atoms with Crippen LogP contribution in [0.4, 0.5) is 10.3 Å². The molecule has 2 heterocycles. The van der Waals surface area contributed by atoms with Crippen molar-refractivity contribution in [2.45, 2.75) is 6.54 Å². The van der Waals surface area contributed by atoms with Crippen LogP contribution in [0.1, 0.15) is 16.1 Å². The summed E-state index contributed by atoms with van der Waals surface area (Å²) in [4.78, 5) is 21.2. The zero-order chi connectivity index (χ0) is 20.2. The van der Waals surface area contributed by atoms with E-state index >= 15 is 0 Å². The van der Waals surface area contributed by atoms with Gasteiger partial charge in [0.25, 0.3) is 5.91 Å². The zero-order valence-electron chi connectivity index (χ0n) is 15.5. The van der Waals surface area contributed by atoms with Crippen LogP contribution in [0.25, 0.3) is 10.6 Å². The first-order chi connectivity index (χ1) is 14.1. The van der Waals surface area contributed by atoms with E-state index in [0.29, 0.717) is 17.5 Å². The second kappa shape index (κ2) is 8.24. The Hall–Kier alpha value is -3.52. The number of nitrogens with one attached hydrogen (secondary N) is 1. The van der Waals surface area contributed by atoms with E-state index in [-0.39, 0.29) is 17.4 Å². The number of hydrogen-bond donors (Lipinski definition) is 1. The number of anilines is 1. The van der Waals surface area contributed by atoms with Crippen LogP contribution in [0.3, 0.4) is 0 Å². The van der Waals surface area contributed by atoms with Gasteiger partial charge >= 0.3 is 0 Å². The average molecular weight is 408 g/mol. The summed E-state index contributed by atoms with van der Waals surface area (Å²) in [5, 5.41) is 5.12. The molecule has 0 fully saturated rings. The highest BCUT2D eigenvalue weighted by Gasteiger charge is 2.15. The number of hydrogen-bond acceptors (Lipinski definition) is 5. The molecule has 2 aromatic heterocycles. The molecule has 0 saturated heterocycles. The molecule has 1 amide bonds. The van der Waals surface area contributed by atoms with Gasteiger partial charge in [0.15, 0.2) is 0 Å². The maximum absolute atomic E-state index is 13.1. The number of ether oxygens (including phenoxy) is 1. The van der Waals surface area contributed by atoms with Gasteiger partial charge in [-0.2, -0.15) is 0 Å². The van der Waals surface area contributed by atoms with E-state index in [1.54, 1.807) is 37.0 Å². The van der Waals surface area contributed by atoms with Crippen molar-refractivity contribution in [3.63, 3.8) is 0 Å². The van der Waals surface area contributed by atoms with Gasteiger partial charge in [0.1, 0.15) is 22.3 Å². The Labute approximate surface area is 170 Å². The first-order valence-corrected chi connectivity index (χ1v) is 9.67. The van der Waals surface area contributed by atoms with E-state index in [4.69, 9.17) is 4.74 Å². The summed E-state index contributed by atoms with van der Waals surface area (Å²) in [6.45, 7) is 0.553. The molecule has 1 N–H and O–H groups in total. The number of halogens is 1. The number of benzene rings is 2. The van der Waals surface area contributed by atoms with E-state index < -0.39 is 0 Å². The molecule has 8 heteroatoms. The number of imidazole rings is 1. The fourth-order valence-corrected chi connectivity index (χ4v) is 3.56. The van der Waals surface area contributed by atoms with E-state index in [0.717, 1.165) is 16.9 Å². The molecule has 2 aromatic carbocycles. The highest BCUT2D eigenvalue weighted by atomic mass is 32.1. The fraction of sp³-hybridized carbons (Fsp3) is 0.0952. The van der Waals surface area contributed by atoms with Gasteiger partial charge in [-0.05, 0) is 42.0 Å². The predicted molar refractivity (Wildman–Crippen MR) is 110 cm³/mol. The minimum atomic E-state index is -0.350. The Bertz CT molecular complexity index is 1120. The van der Waals surface area contributed by atoms with Crippen LogP contribution in [-0.2, 0) is 6.54 Å². The van der Waals surface area contributed by atoms with Crippen molar-refractivity contribution in [1.29, 1.82) is 0 Å². The summed E-state index contributed by atoms with van der Waals surface area (Å²) < 4.78 is 20.1. The van der Waals surface area contributed by atoms with Crippen LogP contribution >= 0.6 is 11.3 Å². The Morgan fingerprint density at radius 3 is 2.66 bits per heavy atom. The largest absolute Gasteiger partial charge is 0.497 e. The number of carbonyl (C=O) groups excluding carboxylic acids is 1. The monoisotopic (exact) mass is 408 g/mol. The quantitative estimate of drug-likeness (QED) is 0.512. The minimum absolute atomic E-state index is 0.285. The topological polar surface area (TPSA) is 69.0 Å². The molecule has 0 atom stereocenters. The van der Waals surface area contributed by atoms with Crippen LogP contribution in [-0.4, -0.2) is 27.6 Å². The van der Waals surface area contributed by atoms with E-state index in [2.05, 4.69) is 15.3 Å². The number of amides is 1. The van der Waals surface area contributed by atoms with E-state index in [9.17, 15) is 9.18 Å². The normalized spacial score (nSPS) is 10.7. The molecule has 0 bridgehead atoms. The van der Waals surface area contributed by atoms with Crippen LogP contribution in [0.15, 0.2) is 66.3 Å². The molecule has 0 aliphatic heterocycles. The lowest BCUT2D eigenvalue weighted by Gasteiger charge is -2.09. The van der Waals surface area contributed by atoms with Crippen molar-refractivity contribution >= 4 is 23.2 Å². The van der Waals surface area contributed by atoms with Crippen LogP contribution < -0.4 is 10.1 Å². The number of aromatic nitrogens is 3. The molecular formula is C21H17FN4O2S. The number of carbonyl (C=O) groups is 1. The molecule has 0 aliphatic carbocycles. The van der Waals surface area contributed by atoms with Crippen molar-refractivity contribution in [2.24, 2.45) is 0 Å². The van der Waals surface area contributed by atoms with Gasteiger partial charge in [0.2, 0.25) is 5.95 Å². The number of nitrogens with zero attached hydrogens (tertiary/aromatic N) is 3. The van der Waals surface area contributed by atoms with Crippen molar-refractivity contribution in [3.05, 3.63) is 83.4 Å². The van der Waals surface area contributed by atoms with Crippen LogP contribution in [0, 0.1) is 5.82 Å². The standard InChI is InChI=1S/C21H17FN4O2S/c1-28-17-8-2-14(3-9-17)12-26-11-10-23-21(26)25-19(27)18-13-29-20(24-18)15-4-6-16(22)7-5-15/h2-11,13H,12H2,1H3,(H,23,25,27). The third-order valence-electron chi connectivity index (χ3n) is 4.28. The summed E-state index contributed by atoms with van der Waals surface area (Å²) in [6, 6.07) is 13.7. The summed E-state index contributed by atoms with van der Waals surface area (Å²) in [7, 11) is 1.62. The predicted octanol–water partition coefficient (Wildman–Crippen LogP) is 4.45. The highest BCUT2D eigenvalue weighted by molar-refractivity contribution is 7.13. The summed E-state index contributed by atoms with van der Waals surface area (Å²) in [5.74, 6) is 0.555. The summed E-state index contributed by atoms with van der Waals surface area (Å²) >= 11 is 1.33. The number of thiazole rings is 1. The van der Waals surface area contributed by atoms with Crippen molar-refractivity contribution in [3.8, 4) is 16.3 Å². The van der Waals surface area contributed by atoms with Gasteiger partial charge in [0, 0.05) is 23.3 Å². The summed E-state index contributed by atoms with van der Waals surface area (Å²) in [5.41, 5.74) is 2.09. The van der Waals surface area contributed by atoms with Gasteiger partial charge in [-0.15, -0.1) is 11.3 Å². The first kappa shape index (κ1) is 18.8. The first-order valence-electron chi connectivity index (χ1n) is 8.79. The molecule has 4 rings (SSSR count). The maximum atomic E-state index is 13.1. The maximum Gasteiger partial charge on any atom is 0.277 e. The van der Waals surface area contributed by atoms with Crippen molar-refractivity contribution in [1.82, 2.24) is 14.5 Å². The van der Waals surface area contributed by atoms with Gasteiger partial charge in [0.05, 0.1) is 13.7 Å². The minimum Gasteiger partial charge on any atom is -0.497 e. The van der Waals surface area contributed by atoms with E-state index in [1.165, 1.54) is 23.5 Å². The van der Waals surface area contributed by atoms with Crippen molar-refractivity contribution in [2.75, 3.05) is 12.4 Å². The van der Waals surface area contributed by atoms with Crippen molar-refractivity contribution < 1.29 is 13.9 Å². The Kier molecular flexibility index (Phi) is 5.35. The third kappa shape index (κ3) is 4.33. The molecule has 0 saturated carbocycles. The smallest absolute Gasteiger partial charge is 0.277 e. The number of methoxy groups -OCH3 is 1. The Balaban J connectivity index is 1.46. The molecule has 0 unspecified atom stereocenters. The third-order valence-corrected chi connectivity index (χ3v) is 5.17. The average Bonchev–Trinajstić information content (AvgIpc) is 3.39. The molecule has 0 aliphatic rings. The second-order valence-corrected chi connectivity index (χ2v) is 7.08. The van der Waals surface area contributed by atoms with Gasteiger partial charge in [-0.25, -0.2) is 14.4 Å². The Morgan fingerprint density at radius 2 is 1.93 bits per heavy atom. The lowest BCUT2D eigenvalue weighted by Crippen LogP contribution is -2.16. The number of rotatable bonds is 6.